The molecule has 1 aromatic heterocycles. The van der Waals surface area contributed by atoms with Gasteiger partial charge in [0.2, 0.25) is 0 Å². The summed E-state index contributed by atoms with van der Waals surface area (Å²) in [5, 5.41) is 1.78. The van der Waals surface area contributed by atoms with E-state index in [0.717, 1.165) is 31.6 Å². The Morgan fingerprint density at radius 2 is 2.00 bits per heavy atom. The van der Waals surface area contributed by atoms with Crippen LogP contribution in [0.25, 0.3) is 0 Å². The highest BCUT2D eigenvalue weighted by molar-refractivity contribution is 9.10. The van der Waals surface area contributed by atoms with E-state index in [0.29, 0.717) is 8.68 Å². The number of thiophene rings is 1. The van der Waals surface area contributed by atoms with Gasteiger partial charge in [-0.25, -0.2) is 13.1 Å². The minimum atomic E-state index is -3.34. The first-order valence-corrected chi connectivity index (χ1v) is 8.90. The normalized spacial score (nSPS) is 26.0. The number of hydrogen-bond acceptors (Lipinski definition) is 3. The van der Waals surface area contributed by atoms with Crippen molar-refractivity contribution in [3.8, 4) is 0 Å². The van der Waals surface area contributed by atoms with Crippen LogP contribution >= 0.6 is 27.3 Å². The summed E-state index contributed by atoms with van der Waals surface area (Å²) in [6.07, 6.45) is 4.12. The van der Waals surface area contributed by atoms with Gasteiger partial charge in [-0.05, 0) is 59.0 Å². The van der Waals surface area contributed by atoms with Gasteiger partial charge in [0, 0.05) is 10.5 Å². The van der Waals surface area contributed by atoms with Crippen LogP contribution in [-0.4, -0.2) is 14.5 Å². The maximum absolute atomic E-state index is 12.1. The largest absolute Gasteiger partial charge is 0.251 e. The Labute approximate surface area is 115 Å². The highest BCUT2D eigenvalue weighted by Gasteiger charge is 2.26. The van der Waals surface area contributed by atoms with Crippen LogP contribution in [0, 0.1) is 5.92 Å². The van der Waals surface area contributed by atoms with Gasteiger partial charge in [-0.2, -0.15) is 0 Å². The summed E-state index contributed by atoms with van der Waals surface area (Å²) in [5.41, 5.74) is 0. The average Bonchev–Trinajstić information content (AvgIpc) is 2.68. The van der Waals surface area contributed by atoms with Crippen molar-refractivity contribution in [3.05, 3.63) is 15.9 Å². The summed E-state index contributed by atoms with van der Waals surface area (Å²) < 4.78 is 28.1. The number of halogens is 1. The van der Waals surface area contributed by atoms with E-state index in [4.69, 9.17) is 0 Å². The molecule has 1 aliphatic carbocycles. The predicted molar refractivity (Wildman–Crippen MR) is 73.8 cm³/mol. The number of nitrogens with one attached hydrogen (secondary N) is 1. The van der Waals surface area contributed by atoms with Gasteiger partial charge >= 0.3 is 0 Å². The fourth-order valence-corrected chi connectivity index (χ4v) is 5.78. The Hall–Kier alpha value is 0.0900. The first-order valence-electron chi connectivity index (χ1n) is 5.74. The van der Waals surface area contributed by atoms with Crippen LogP contribution < -0.4 is 4.72 Å². The SMILES string of the molecule is CC1CCC(NS(=O)(=O)c2sccc2Br)CC1. The highest BCUT2D eigenvalue weighted by Crippen LogP contribution is 2.29. The first kappa shape index (κ1) is 13.5. The van der Waals surface area contributed by atoms with Crippen LogP contribution in [0.4, 0.5) is 0 Å². The van der Waals surface area contributed by atoms with E-state index >= 15 is 0 Å². The first-order chi connectivity index (χ1) is 7.99. The standard InChI is InChI=1S/C11H16BrNO2S2/c1-8-2-4-9(5-3-8)13-17(14,15)11-10(12)6-7-16-11/h6-9,13H,2-5H2,1H3. The molecule has 0 aromatic carbocycles. The molecule has 1 aromatic rings. The fraction of sp³-hybridized carbons (Fsp3) is 0.636. The van der Waals surface area contributed by atoms with E-state index in [-0.39, 0.29) is 6.04 Å². The molecular formula is C11H16BrNO2S2. The van der Waals surface area contributed by atoms with Crippen LogP contribution in [0.1, 0.15) is 32.6 Å². The lowest BCUT2D eigenvalue weighted by Crippen LogP contribution is -2.37. The van der Waals surface area contributed by atoms with E-state index in [1.807, 2.05) is 0 Å². The maximum Gasteiger partial charge on any atom is 0.251 e. The minimum absolute atomic E-state index is 0.102. The number of rotatable bonds is 3. The minimum Gasteiger partial charge on any atom is -0.207 e. The zero-order valence-corrected chi connectivity index (χ0v) is 12.9. The molecule has 0 saturated heterocycles. The Morgan fingerprint density at radius 1 is 1.35 bits per heavy atom. The van der Waals surface area contributed by atoms with E-state index < -0.39 is 10.0 Å². The quantitative estimate of drug-likeness (QED) is 0.918. The smallest absolute Gasteiger partial charge is 0.207 e. The second kappa shape index (κ2) is 5.38. The van der Waals surface area contributed by atoms with Gasteiger partial charge in [-0.3, -0.25) is 0 Å². The Bertz CT molecular complexity index is 475. The summed E-state index contributed by atoms with van der Waals surface area (Å²) in [5.74, 6) is 0.726. The lowest BCUT2D eigenvalue weighted by Gasteiger charge is -2.26. The second-order valence-electron chi connectivity index (χ2n) is 4.63. The van der Waals surface area contributed by atoms with Crippen molar-refractivity contribution in [2.24, 2.45) is 5.92 Å². The van der Waals surface area contributed by atoms with Gasteiger partial charge in [0.1, 0.15) is 4.21 Å². The van der Waals surface area contributed by atoms with Gasteiger partial charge in [-0.1, -0.05) is 6.92 Å². The molecule has 0 radical (unpaired) electrons. The molecule has 1 N–H and O–H groups in total. The lowest BCUT2D eigenvalue weighted by molar-refractivity contribution is 0.332. The number of sulfonamides is 1. The van der Waals surface area contributed by atoms with Gasteiger partial charge < -0.3 is 0 Å². The van der Waals surface area contributed by atoms with Crippen molar-refractivity contribution in [1.82, 2.24) is 4.72 Å². The summed E-state index contributed by atoms with van der Waals surface area (Å²) in [6.45, 7) is 2.22. The van der Waals surface area contributed by atoms with Crippen LogP contribution in [0.2, 0.25) is 0 Å². The third kappa shape index (κ3) is 3.30. The van der Waals surface area contributed by atoms with Crippen LogP contribution in [0.5, 0.6) is 0 Å². The molecule has 96 valence electrons. The molecule has 0 atom stereocenters. The molecule has 0 aliphatic heterocycles. The highest BCUT2D eigenvalue weighted by atomic mass is 79.9. The molecule has 0 unspecified atom stereocenters. The zero-order valence-electron chi connectivity index (χ0n) is 9.65. The van der Waals surface area contributed by atoms with Crippen LogP contribution in [-0.2, 0) is 10.0 Å². The van der Waals surface area contributed by atoms with E-state index in [1.54, 1.807) is 11.4 Å². The van der Waals surface area contributed by atoms with Crippen molar-refractivity contribution in [3.63, 3.8) is 0 Å². The Morgan fingerprint density at radius 3 is 2.53 bits per heavy atom. The van der Waals surface area contributed by atoms with Crippen LogP contribution in [0.3, 0.4) is 0 Å². The van der Waals surface area contributed by atoms with E-state index in [1.165, 1.54) is 11.3 Å². The second-order valence-corrected chi connectivity index (χ2v) is 8.31. The van der Waals surface area contributed by atoms with Crippen molar-refractivity contribution in [2.45, 2.75) is 42.9 Å². The molecule has 1 heterocycles. The summed E-state index contributed by atoms with van der Waals surface area (Å²) >= 11 is 4.52. The van der Waals surface area contributed by atoms with Gasteiger partial charge in [-0.15, -0.1) is 11.3 Å². The molecule has 2 rings (SSSR count). The molecule has 1 saturated carbocycles. The molecule has 1 fully saturated rings. The molecule has 0 amide bonds. The van der Waals surface area contributed by atoms with Crippen LogP contribution in [0.15, 0.2) is 20.1 Å². The maximum atomic E-state index is 12.1. The van der Waals surface area contributed by atoms with Crippen molar-refractivity contribution < 1.29 is 8.42 Å². The summed E-state index contributed by atoms with van der Waals surface area (Å²) in [4.78, 5) is 0. The molecule has 3 nitrogen and oxygen atoms in total. The summed E-state index contributed by atoms with van der Waals surface area (Å²) in [7, 11) is -3.34. The van der Waals surface area contributed by atoms with Crippen molar-refractivity contribution >= 4 is 37.3 Å². The molecular weight excluding hydrogens is 322 g/mol. The Balaban J connectivity index is 2.06. The third-order valence-corrected chi connectivity index (χ3v) is 7.36. The third-order valence-electron chi connectivity index (χ3n) is 3.17. The molecule has 0 spiro atoms. The van der Waals surface area contributed by atoms with Gasteiger partial charge in [0.05, 0.1) is 0 Å². The van der Waals surface area contributed by atoms with Crippen molar-refractivity contribution in [1.29, 1.82) is 0 Å². The zero-order chi connectivity index (χ0) is 12.5. The average molecular weight is 338 g/mol. The molecule has 0 bridgehead atoms. The number of hydrogen-bond donors (Lipinski definition) is 1. The summed E-state index contributed by atoms with van der Waals surface area (Å²) in [6, 6.07) is 1.87. The Kier molecular flexibility index (Phi) is 4.28. The molecule has 1 aliphatic rings. The monoisotopic (exact) mass is 337 g/mol. The van der Waals surface area contributed by atoms with E-state index in [9.17, 15) is 8.42 Å². The molecule has 6 heteroatoms. The fourth-order valence-electron chi connectivity index (χ4n) is 2.12. The van der Waals surface area contributed by atoms with Gasteiger partial charge in [0.15, 0.2) is 0 Å². The van der Waals surface area contributed by atoms with Crippen molar-refractivity contribution in [2.75, 3.05) is 0 Å². The topological polar surface area (TPSA) is 46.2 Å². The van der Waals surface area contributed by atoms with E-state index in [2.05, 4.69) is 27.6 Å². The molecule has 17 heavy (non-hydrogen) atoms. The predicted octanol–water partition coefficient (Wildman–Crippen LogP) is 3.37. The van der Waals surface area contributed by atoms with Gasteiger partial charge in [0.25, 0.3) is 10.0 Å². The lowest BCUT2D eigenvalue weighted by atomic mass is 9.88.